The third-order valence-corrected chi connectivity index (χ3v) is 1.25. The second kappa shape index (κ2) is 2.52. The first kappa shape index (κ1) is 4.50. The van der Waals surface area contributed by atoms with Crippen molar-refractivity contribution in [2.75, 3.05) is 5.72 Å². The smallest absolute Gasteiger partial charge is 0.159 e. The van der Waals surface area contributed by atoms with Gasteiger partial charge >= 0.3 is 0 Å². The van der Waals surface area contributed by atoms with E-state index < -0.39 is 0 Å². The van der Waals surface area contributed by atoms with Crippen LogP contribution in [0, 0.1) is 0 Å². The monoisotopic (exact) mass is 137 g/mol. The molecule has 52 valence electrons. The third kappa shape index (κ3) is 1.35. The van der Waals surface area contributed by atoms with Gasteiger partial charge in [-0.25, -0.2) is 0 Å². The van der Waals surface area contributed by atoms with E-state index in [1.54, 1.807) is 18.2 Å². The first-order chi connectivity index (χ1) is 5.61. The van der Waals surface area contributed by atoms with Crippen LogP contribution in [0.15, 0.2) is 24.3 Å². The average Bonchev–Trinajstić information content (AvgIpc) is 2.04. The summed E-state index contributed by atoms with van der Waals surface area (Å²) in [6, 6.07) is 6.44. The molecule has 2 nitrogen and oxygen atoms in total. The van der Waals surface area contributed by atoms with Crippen molar-refractivity contribution in [3.05, 3.63) is 29.8 Å². The second-order valence-corrected chi connectivity index (χ2v) is 2.11. The molecule has 0 saturated heterocycles. The van der Waals surface area contributed by atoms with Gasteiger partial charge in [-0.05, 0) is 19.1 Å². The minimum absolute atomic E-state index is 0.0568. The Labute approximate surface area is 62.6 Å². The highest BCUT2D eigenvalue weighted by atomic mass is 16.1. The summed E-state index contributed by atoms with van der Waals surface area (Å²) in [5.74, 6) is -0.0568. The molecule has 0 amide bonds. The van der Waals surface area contributed by atoms with Gasteiger partial charge in [-0.3, -0.25) is 4.79 Å². The minimum atomic E-state index is -0.0568. The van der Waals surface area contributed by atoms with Gasteiger partial charge in [-0.1, -0.05) is 12.1 Å². The second-order valence-electron chi connectivity index (χ2n) is 2.11. The summed E-state index contributed by atoms with van der Waals surface area (Å²) in [6.07, 6.45) is 0. The standard InChI is InChI=1S/C8H9NO/c1-6(10)7-3-2-4-8(9)5-7/h2-5H,9H2,1H3/i/hD2. The molecule has 0 atom stereocenters. The normalized spacial score (nSPS) is 11.7. The van der Waals surface area contributed by atoms with E-state index in [-0.39, 0.29) is 5.78 Å². The van der Waals surface area contributed by atoms with Crippen LogP contribution in [0.5, 0.6) is 0 Å². The highest BCUT2D eigenvalue weighted by Gasteiger charge is 1.96. The molecule has 1 aromatic rings. The van der Waals surface area contributed by atoms with Crippen LogP contribution < -0.4 is 5.72 Å². The van der Waals surface area contributed by atoms with Gasteiger partial charge in [0.1, 0.15) is 0 Å². The number of benzene rings is 1. The molecule has 1 aromatic carbocycles. The Balaban J connectivity index is 3.04. The van der Waals surface area contributed by atoms with E-state index in [4.69, 9.17) is 2.82 Å². The van der Waals surface area contributed by atoms with Gasteiger partial charge in [-0.2, -0.15) is 0 Å². The number of ketones is 1. The highest BCUT2D eigenvalue weighted by molar-refractivity contribution is 5.94. The van der Waals surface area contributed by atoms with Crippen LogP contribution in [0.25, 0.3) is 0 Å². The van der Waals surface area contributed by atoms with Crippen molar-refractivity contribution >= 4 is 11.5 Å². The molecule has 10 heavy (non-hydrogen) atoms. The Kier molecular flexibility index (Phi) is 1.13. The predicted molar refractivity (Wildman–Crippen MR) is 40.9 cm³/mol. The summed E-state index contributed by atoms with van der Waals surface area (Å²) in [7, 11) is 0. The van der Waals surface area contributed by atoms with E-state index in [0.29, 0.717) is 17.0 Å². The number of nitrogens with two attached hydrogens (primary N) is 1. The van der Waals surface area contributed by atoms with Crippen LogP contribution in [0.1, 0.15) is 17.3 Å². The summed E-state index contributed by atoms with van der Waals surface area (Å²) in [4.78, 5) is 10.9. The van der Waals surface area contributed by atoms with Crippen LogP contribution in [0.2, 0.25) is 2.82 Å². The molecule has 0 aliphatic carbocycles. The van der Waals surface area contributed by atoms with Crippen LogP contribution in [-0.2, 0) is 0 Å². The van der Waals surface area contributed by atoms with Crippen LogP contribution in [0.4, 0.5) is 5.69 Å². The molecule has 2 N–H and O–H groups in total. The maximum absolute atomic E-state index is 10.9. The Morgan fingerprint density at radius 2 is 2.50 bits per heavy atom. The van der Waals surface area contributed by atoms with E-state index in [2.05, 4.69) is 0 Å². The number of carbonyl (C=O) groups excluding carboxylic acids is 1. The Morgan fingerprint density at radius 1 is 1.70 bits per heavy atom. The SMILES string of the molecule is [2H]N([2H])c1cccc(C(C)=O)c1. The summed E-state index contributed by atoms with van der Waals surface area (Å²) in [6.45, 7) is 1.46. The molecular weight excluding hydrogens is 126 g/mol. The topological polar surface area (TPSA) is 43.1 Å². The fourth-order valence-electron chi connectivity index (χ4n) is 0.725. The average molecular weight is 137 g/mol. The Morgan fingerprint density at radius 3 is 3.10 bits per heavy atom. The number of hydrogen-bond acceptors (Lipinski definition) is 2. The first-order valence-electron chi connectivity index (χ1n) is 3.89. The van der Waals surface area contributed by atoms with Crippen LogP contribution >= 0.6 is 0 Å². The summed E-state index contributed by atoms with van der Waals surface area (Å²) in [5, 5.41) is 0. The lowest BCUT2D eigenvalue weighted by Gasteiger charge is -1.94. The van der Waals surface area contributed by atoms with Gasteiger partial charge < -0.3 is 5.72 Å². The van der Waals surface area contributed by atoms with E-state index >= 15 is 0 Å². The van der Waals surface area contributed by atoms with E-state index in [0.717, 1.165) is 0 Å². The largest absolute Gasteiger partial charge is 0.399 e. The third-order valence-electron chi connectivity index (χ3n) is 1.25. The zero-order valence-electron chi connectivity index (χ0n) is 7.66. The molecule has 0 aromatic heterocycles. The van der Waals surface area contributed by atoms with Crippen molar-refractivity contribution in [2.24, 2.45) is 0 Å². The number of carbonyl (C=O) groups is 1. The Hall–Kier alpha value is -1.31. The number of rotatable bonds is 2. The number of anilines is 1. The fourth-order valence-corrected chi connectivity index (χ4v) is 0.725. The van der Waals surface area contributed by atoms with Crippen molar-refractivity contribution in [1.82, 2.24) is 0 Å². The molecule has 0 bridgehead atoms. The first-order valence-corrected chi connectivity index (χ1v) is 3.00. The quantitative estimate of drug-likeness (QED) is 0.495. The maximum Gasteiger partial charge on any atom is 0.159 e. The van der Waals surface area contributed by atoms with Gasteiger partial charge in [-0.15, -0.1) is 0 Å². The highest BCUT2D eigenvalue weighted by Crippen LogP contribution is 2.06. The summed E-state index contributed by atoms with van der Waals surface area (Å²) >= 11 is 0. The molecule has 0 unspecified atom stereocenters. The van der Waals surface area contributed by atoms with E-state index in [9.17, 15) is 4.79 Å². The van der Waals surface area contributed by atoms with E-state index in [1.165, 1.54) is 13.0 Å². The lowest BCUT2D eigenvalue weighted by atomic mass is 10.1. The summed E-state index contributed by atoms with van der Waals surface area (Å²) in [5.41, 5.74) is 1.40. The Bertz CT molecular complexity index is 299. The van der Waals surface area contributed by atoms with Crippen LogP contribution in [0.3, 0.4) is 0 Å². The maximum atomic E-state index is 10.9. The lowest BCUT2D eigenvalue weighted by Crippen LogP contribution is -1.93. The van der Waals surface area contributed by atoms with Gasteiger partial charge in [0.05, 0.1) is 0 Å². The van der Waals surface area contributed by atoms with Gasteiger partial charge in [0.15, 0.2) is 8.61 Å². The zero-order chi connectivity index (χ0) is 9.14. The van der Waals surface area contributed by atoms with Crippen molar-refractivity contribution in [2.45, 2.75) is 6.92 Å². The zero-order valence-corrected chi connectivity index (χ0v) is 5.66. The van der Waals surface area contributed by atoms with Gasteiger partial charge in [0, 0.05) is 11.3 Å². The van der Waals surface area contributed by atoms with Crippen molar-refractivity contribution < 1.29 is 7.62 Å². The van der Waals surface area contributed by atoms with E-state index in [1.807, 2.05) is 0 Å². The number of hydrogen-bond donors (Lipinski definition) is 1. The molecule has 0 aliphatic heterocycles. The van der Waals surface area contributed by atoms with Crippen molar-refractivity contribution in [3.63, 3.8) is 0 Å². The molecule has 0 saturated carbocycles. The summed E-state index contributed by atoms with van der Waals surface area (Å²) < 4.78 is 13.9. The molecule has 0 heterocycles. The molecule has 1 rings (SSSR count). The van der Waals surface area contributed by atoms with Gasteiger partial charge in [0.25, 0.3) is 0 Å². The molecule has 2 heteroatoms. The van der Waals surface area contributed by atoms with Crippen LogP contribution in [-0.4, -0.2) is 5.78 Å². The fraction of sp³-hybridized carbons (Fsp3) is 0.125. The minimum Gasteiger partial charge on any atom is -0.399 e. The molecule has 0 spiro atoms. The number of nitrogen functional groups attached to an aromatic ring is 1. The molecule has 0 fully saturated rings. The lowest BCUT2D eigenvalue weighted by molar-refractivity contribution is 0.101. The van der Waals surface area contributed by atoms with Crippen molar-refractivity contribution in [3.8, 4) is 0 Å². The van der Waals surface area contributed by atoms with Gasteiger partial charge in [0.2, 0.25) is 0 Å². The molecule has 0 aliphatic rings. The molecule has 0 radical (unpaired) electrons. The number of Topliss-reactive ketones (excluding diaryl/α,β-unsaturated/α-hetero) is 1. The van der Waals surface area contributed by atoms with Crippen molar-refractivity contribution in [1.29, 1.82) is 0 Å². The predicted octanol–water partition coefficient (Wildman–Crippen LogP) is 1.47. The molecular formula is C8H9NO.